The highest BCUT2D eigenvalue weighted by Gasteiger charge is 2.29. The van der Waals surface area contributed by atoms with Crippen LogP contribution in [-0.2, 0) is 6.42 Å². The number of para-hydroxylation sites is 1. The van der Waals surface area contributed by atoms with Gasteiger partial charge in [0.25, 0.3) is 0 Å². The number of nitrogens with zero attached hydrogens (tertiary/aromatic N) is 2. The van der Waals surface area contributed by atoms with E-state index in [1.165, 1.54) is 0 Å². The van der Waals surface area contributed by atoms with Crippen molar-refractivity contribution in [2.75, 3.05) is 20.2 Å². The van der Waals surface area contributed by atoms with Crippen LogP contribution in [0.15, 0.2) is 28.8 Å². The zero-order valence-corrected chi connectivity index (χ0v) is 10.9. The molecule has 0 bridgehead atoms. The van der Waals surface area contributed by atoms with Gasteiger partial charge >= 0.3 is 0 Å². The van der Waals surface area contributed by atoms with Gasteiger partial charge in [0.1, 0.15) is 12.4 Å². The predicted molar refractivity (Wildman–Crippen MR) is 70.3 cm³/mol. The van der Waals surface area contributed by atoms with E-state index in [-0.39, 0.29) is 5.92 Å². The lowest BCUT2D eigenvalue weighted by Crippen LogP contribution is -2.08. The van der Waals surface area contributed by atoms with Crippen molar-refractivity contribution in [2.45, 2.75) is 18.8 Å². The minimum atomic E-state index is 0.0954. The van der Waals surface area contributed by atoms with Gasteiger partial charge in [-0.2, -0.15) is 4.98 Å². The summed E-state index contributed by atoms with van der Waals surface area (Å²) < 4.78 is 10.9. The summed E-state index contributed by atoms with van der Waals surface area (Å²) in [6.07, 6.45) is 1.80. The zero-order valence-electron chi connectivity index (χ0n) is 10.9. The Kier molecular flexibility index (Phi) is 3.46. The first kappa shape index (κ1) is 12.2. The number of benzene rings is 1. The van der Waals surface area contributed by atoms with Gasteiger partial charge in [-0.1, -0.05) is 23.4 Å². The van der Waals surface area contributed by atoms with Crippen molar-refractivity contribution in [3.63, 3.8) is 0 Å². The van der Waals surface area contributed by atoms with E-state index in [1.807, 2.05) is 25.2 Å². The molecule has 1 unspecified atom stereocenters. The summed E-state index contributed by atoms with van der Waals surface area (Å²) in [5, 5.41) is 7.19. The summed E-state index contributed by atoms with van der Waals surface area (Å²) in [6, 6.07) is 8.02. The number of aromatic nitrogens is 2. The highest BCUT2D eigenvalue weighted by Crippen LogP contribution is 2.36. The van der Waals surface area contributed by atoms with E-state index < -0.39 is 0 Å². The normalized spacial score (nSPS) is 17.2. The molecule has 5 heteroatoms. The van der Waals surface area contributed by atoms with Gasteiger partial charge in [0.05, 0.1) is 5.92 Å². The fourth-order valence-corrected chi connectivity index (χ4v) is 2.30. The van der Waals surface area contributed by atoms with Gasteiger partial charge in [-0.3, -0.25) is 0 Å². The predicted octanol–water partition coefficient (Wildman–Crippen LogP) is 1.75. The number of ether oxygens (including phenoxy) is 1. The van der Waals surface area contributed by atoms with Crippen LogP contribution in [0.5, 0.6) is 5.75 Å². The number of fused-ring (bicyclic) bond motifs is 1. The van der Waals surface area contributed by atoms with E-state index >= 15 is 0 Å². The Morgan fingerprint density at radius 2 is 2.26 bits per heavy atom. The second kappa shape index (κ2) is 5.40. The zero-order chi connectivity index (χ0) is 13.1. The number of aryl methyl sites for hydroxylation is 1. The van der Waals surface area contributed by atoms with Gasteiger partial charge < -0.3 is 14.6 Å². The Morgan fingerprint density at radius 1 is 1.37 bits per heavy atom. The van der Waals surface area contributed by atoms with Crippen LogP contribution in [0.4, 0.5) is 0 Å². The van der Waals surface area contributed by atoms with E-state index in [2.05, 4.69) is 21.5 Å². The van der Waals surface area contributed by atoms with Crippen LogP contribution in [0.3, 0.4) is 0 Å². The minimum absolute atomic E-state index is 0.0954. The van der Waals surface area contributed by atoms with Crippen LogP contribution in [-0.4, -0.2) is 30.3 Å². The van der Waals surface area contributed by atoms with Crippen molar-refractivity contribution in [2.24, 2.45) is 0 Å². The molecule has 1 aliphatic heterocycles. The first-order valence-electron chi connectivity index (χ1n) is 6.57. The Morgan fingerprint density at radius 3 is 3.16 bits per heavy atom. The van der Waals surface area contributed by atoms with Crippen molar-refractivity contribution in [3.05, 3.63) is 41.5 Å². The van der Waals surface area contributed by atoms with Gasteiger partial charge in [0, 0.05) is 12.0 Å². The van der Waals surface area contributed by atoms with Crippen molar-refractivity contribution in [3.8, 4) is 5.75 Å². The molecule has 19 heavy (non-hydrogen) atoms. The van der Waals surface area contributed by atoms with Crippen molar-refractivity contribution in [1.82, 2.24) is 15.5 Å². The lowest BCUT2D eigenvalue weighted by atomic mass is 10.0. The maximum Gasteiger partial charge on any atom is 0.226 e. The molecule has 0 fully saturated rings. The maximum absolute atomic E-state index is 5.64. The first-order valence-corrected chi connectivity index (χ1v) is 6.57. The fraction of sp³-hybridized carbons (Fsp3) is 0.429. The molecule has 2 aromatic rings. The molecule has 0 spiro atoms. The number of rotatable bonds is 5. The summed E-state index contributed by atoms with van der Waals surface area (Å²) in [7, 11) is 1.94. The Bertz CT molecular complexity index is 553. The summed E-state index contributed by atoms with van der Waals surface area (Å²) >= 11 is 0. The Labute approximate surface area is 112 Å². The molecule has 0 radical (unpaired) electrons. The lowest BCUT2D eigenvalue weighted by molar-refractivity contribution is 0.331. The van der Waals surface area contributed by atoms with Crippen LogP contribution >= 0.6 is 0 Å². The quantitative estimate of drug-likeness (QED) is 0.829. The highest BCUT2D eigenvalue weighted by molar-refractivity contribution is 5.42. The third-order valence-corrected chi connectivity index (χ3v) is 3.31. The highest BCUT2D eigenvalue weighted by atomic mass is 16.5. The lowest BCUT2D eigenvalue weighted by Gasteiger charge is -2.01. The molecule has 1 N–H and O–H groups in total. The van der Waals surface area contributed by atoms with Gasteiger partial charge in [-0.05, 0) is 26.1 Å². The standard InChI is InChI=1S/C14H17N3O2/c1-15-8-4-7-13-16-14(17-19-13)11-9-18-12-6-3-2-5-10(11)12/h2-3,5-6,11,15H,4,7-9H2,1H3. The maximum atomic E-state index is 5.64. The van der Waals surface area contributed by atoms with Crippen LogP contribution in [0, 0.1) is 0 Å². The van der Waals surface area contributed by atoms with Crippen molar-refractivity contribution >= 4 is 0 Å². The molecule has 1 atom stereocenters. The Balaban J connectivity index is 1.74. The Hall–Kier alpha value is -1.88. The van der Waals surface area contributed by atoms with E-state index in [0.717, 1.165) is 36.5 Å². The van der Waals surface area contributed by atoms with E-state index in [4.69, 9.17) is 9.26 Å². The average molecular weight is 259 g/mol. The van der Waals surface area contributed by atoms with Crippen molar-refractivity contribution in [1.29, 1.82) is 0 Å². The average Bonchev–Trinajstić information content (AvgIpc) is 3.05. The molecular weight excluding hydrogens is 242 g/mol. The van der Waals surface area contributed by atoms with Gasteiger partial charge in [-0.25, -0.2) is 0 Å². The molecule has 0 amide bonds. The largest absolute Gasteiger partial charge is 0.492 e. The van der Waals surface area contributed by atoms with Gasteiger partial charge in [0.15, 0.2) is 5.82 Å². The van der Waals surface area contributed by atoms with Crippen LogP contribution in [0.2, 0.25) is 0 Å². The van der Waals surface area contributed by atoms with Crippen molar-refractivity contribution < 1.29 is 9.26 Å². The molecular formula is C14H17N3O2. The van der Waals surface area contributed by atoms with E-state index in [9.17, 15) is 0 Å². The molecule has 0 saturated heterocycles. The summed E-state index contributed by atoms with van der Waals surface area (Å²) in [5.74, 6) is 2.45. The SMILES string of the molecule is CNCCCc1nc(C2COc3ccccc32)no1. The van der Waals surface area contributed by atoms with E-state index in [1.54, 1.807) is 0 Å². The van der Waals surface area contributed by atoms with Crippen LogP contribution in [0.25, 0.3) is 0 Å². The number of hydrogen-bond donors (Lipinski definition) is 1. The van der Waals surface area contributed by atoms with Gasteiger partial charge in [-0.15, -0.1) is 0 Å². The molecule has 1 aromatic carbocycles. The second-order valence-corrected chi connectivity index (χ2v) is 4.65. The molecule has 1 aliphatic rings. The summed E-state index contributed by atoms with van der Waals surface area (Å²) in [5.41, 5.74) is 1.14. The van der Waals surface area contributed by atoms with Crippen LogP contribution in [0.1, 0.15) is 29.6 Å². The summed E-state index contributed by atoms with van der Waals surface area (Å²) in [6.45, 7) is 1.54. The third-order valence-electron chi connectivity index (χ3n) is 3.31. The van der Waals surface area contributed by atoms with E-state index in [0.29, 0.717) is 12.5 Å². The summed E-state index contributed by atoms with van der Waals surface area (Å²) in [4.78, 5) is 4.48. The second-order valence-electron chi connectivity index (χ2n) is 4.65. The molecule has 2 heterocycles. The molecule has 0 saturated carbocycles. The molecule has 1 aromatic heterocycles. The van der Waals surface area contributed by atoms with Crippen LogP contribution < -0.4 is 10.1 Å². The number of hydrogen-bond acceptors (Lipinski definition) is 5. The minimum Gasteiger partial charge on any atom is -0.492 e. The first-order chi connectivity index (χ1) is 9.38. The fourth-order valence-electron chi connectivity index (χ4n) is 2.30. The molecule has 5 nitrogen and oxygen atoms in total. The molecule has 100 valence electrons. The molecule has 3 rings (SSSR count). The third kappa shape index (κ3) is 2.46. The topological polar surface area (TPSA) is 60.2 Å². The van der Waals surface area contributed by atoms with Gasteiger partial charge in [0.2, 0.25) is 5.89 Å². The monoisotopic (exact) mass is 259 g/mol. The smallest absolute Gasteiger partial charge is 0.226 e. The number of nitrogens with one attached hydrogen (secondary N) is 1. The molecule has 0 aliphatic carbocycles.